The molecular formula is C116H85N9Si3. The maximum absolute atomic E-state index is 5.16. The zero-order chi connectivity index (χ0) is 86.0. The summed E-state index contributed by atoms with van der Waals surface area (Å²) in [6.45, 7) is 12.2. The number of benzene rings is 18. The van der Waals surface area contributed by atoms with Gasteiger partial charge >= 0.3 is 0 Å². The van der Waals surface area contributed by atoms with E-state index in [2.05, 4.69) is 397 Å². The third-order valence-corrected chi connectivity index (χ3v) is 35.8. The van der Waals surface area contributed by atoms with E-state index < -0.39 is 24.9 Å². The van der Waals surface area contributed by atoms with Gasteiger partial charge in [0.1, 0.15) is 24.9 Å². The Bertz CT molecular complexity index is 7870. The first kappa shape index (κ1) is 78.4. The highest BCUT2D eigenvalue weighted by molar-refractivity contribution is 7.05. The molecule has 0 spiro atoms. The summed E-state index contributed by atoms with van der Waals surface area (Å²) in [5, 5.41) is 16.2. The Kier molecular flexibility index (Phi) is 20.1. The molecule has 21 aromatic rings. The molecule has 0 bridgehead atoms. The highest BCUT2D eigenvalue weighted by Gasteiger charge is 2.41. The molecule has 1 atom stereocenters. The maximum atomic E-state index is 5.16. The van der Waals surface area contributed by atoms with Gasteiger partial charge in [0.2, 0.25) is 0 Å². The second-order valence-corrected chi connectivity index (χ2v) is 45.6. The maximum Gasteiger partial charge on any atom is 0.164 e. The van der Waals surface area contributed by atoms with E-state index in [-0.39, 0.29) is 0 Å². The summed E-state index contributed by atoms with van der Waals surface area (Å²) < 4.78 is 0. The molecule has 3 aliphatic rings. The minimum atomic E-state index is -1.97. The van der Waals surface area contributed by atoms with Crippen LogP contribution in [-0.4, -0.2) is 69.8 Å². The van der Waals surface area contributed by atoms with Crippen molar-refractivity contribution in [3.8, 4) is 169 Å². The highest BCUT2D eigenvalue weighted by Crippen LogP contribution is 2.41. The number of hydrogen-bond donors (Lipinski definition) is 0. The molecule has 128 heavy (non-hydrogen) atoms. The third-order valence-electron chi connectivity index (χ3n) is 25.9. The minimum Gasteiger partial charge on any atom is -0.208 e. The summed E-state index contributed by atoms with van der Waals surface area (Å²) in [5.74, 6) is 6.23. The van der Waals surface area contributed by atoms with Gasteiger partial charge in [0, 0.05) is 50.1 Å². The second-order valence-electron chi connectivity index (χ2n) is 34.3. The van der Waals surface area contributed by atoms with Crippen LogP contribution >= 0.6 is 0 Å². The van der Waals surface area contributed by atoms with Crippen LogP contribution in [0.25, 0.3) is 202 Å². The van der Waals surface area contributed by atoms with E-state index in [1.807, 2.05) is 54.6 Å². The monoisotopic (exact) mass is 1690 g/mol. The third kappa shape index (κ3) is 14.5. The first-order valence-corrected chi connectivity index (χ1v) is 52.1. The van der Waals surface area contributed by atoms with E-state index in [0.29, 0.717) is 46.6 Å². The first-order valence-electron chi connectivity index (χ1n) is 43.8. The predicted molar refractivity (Wildman–Crippen MR) is 539 cm³/mol. The van der Waals surface area contributed by atoms with E-state index in [1.54, 1.807) is 0 Å². The number of fused-ring (bicyclic) bond motifs is 12. The molecule has 606 valence electrons. The van der Waals surface area contributed by atoms with Gasteiger partial charge in [-0.1, -0.05) is 450 Å². The smallest absolute Gasteiger partial charge is 0.164 e. The van der Waals surface area contributed by atoms with Crippen molar-refractivity contribution in [3.05, 3.63) is 419 Å². The summed E-state index contributed by atoms with van der Waals surface area (Å²) in [4.78, 5) is 45.5. The molecule has 1 unspecified atom stereocenters. The summed E-state index contributed by atoms with van der Waals surface area (Å²) in [6.07, 6.45) is 0. The van der Waals surface area contributed by atoms with Gasteiger partial charge < -0.3 is 0 Å². The van der Waals surface area contributed by atoms with E-state index in [0.717, 1.165) is 61.5 Å². The fourth-order valence-corrected chi connectivity index (χ4v) is 28.5. The first-order chi connectivity index (χ1) is 62.9. The number of rotatable bonds is 12. The topological polar surface area (TPSA) is 116 Å². The molecule has 0 N–H and O–H groups in total. The van der Waals surface area contributed by atoms with Crippen molar-refractivity contribution in [2.75, 3.05) is 0 Å². The average molecular weight is 1690 g/mol. The molecule has 0 saturated heterocycles. The molecule has 12 heteroatoms. The van der Waals surface area contributed by atoms with Crippen LogP contribution in [0.2, 0.25) is 32.7 Å². The fraction of sp³-hybridized carbons (Fsp3) is 0.0431. The van der Waals surface area contributed by atoms with Crippen molar-refractivity contribution in [2.24, 2.45) is 0 Å². The van der Waals surface area contributed by atoms with Crippen molar-refractivity contribution in [3.63, 3.8) is 0 Å². The van der Waals surface area contributed by atoms with Crippen molar-refractivity contribution < 1.29 is 0 Å². The second kappa shape index (κ2) is 32.8. The lowest BCUT2D eigenvalue weighted by molar-refractivity contribution is 1.07. The quantitative estimate of drug-likeness (QED) is 0.110. The standard InChI is InChI=1S/2C39H29N3Si.C38H27N3Si/c1-43(2)35-21-9-8-17-32(35)33-19-11-20-34(36(33)43)39-41-37(28-13-4-3-5-14-28)40-38(42-39)29-24-22-27(23-25-29)31-18-10-15-26-12-6-7-16-30(26)31;1-43(2)34-17-9-8-15-32(34)36-33(16-10-18-35(36)43)39-41-37(28-12-4-3-5-13-28)40-38(42-39)29-22-19-27(20-23-29)31-24-21-26-11-6-7-14-30(26)25-31;1-42-34-17-8-7-15-32(34)33-23-22-29(24-35(33)42)38-40-36(27-11-3-2-4-12-27)39-37(41-38)28-20-18-26(19-21-28)31-16-9-13-25-10-5-6-14-30(25)31/h2*3-25H,1-2H3;2-24,42H,1H3. The van der Waals surface area contributed by atoms with Crippen molar-refractivity contribution in [1.82, 2.24) is 44.9 Å². The van der Waals surface area contributed by atoms with Crippen LogP contribution in [0.4, 0.5) is 0 Å². The van der Waals surface area contributed by atoms with Crippen LogP contribution in [0.15, 0.2) is 419 Å². The van der Waals surface area contributed by atoms with E-state index in [4.69, 9.17) is 44.9 Å². The minimum absolute atomic E-state index is 0.675. The molecule has 3 aromatic heterocycles. The Labute approximate surface area is 748 Å². The van der Waals surface area contributed by atoms with Gasteiger partial charge in [-0.05, 0) is 131 Å². The lowest BCUT2D eigenvalue weighted by Crippen LogP contribution is -2.50. The zero-order valence-corrected chi connectivity index (χ0v) is 74.6. The lowest BCUT2D eigenvalue weighted by Gasteiger charge is -2.21. The highest BCUT2D eigenvalue weighted by atomic mass is 28.3. The van der Waals surface area contributed by atoms with Gasteiger partial charge in [-0.3, -0.25) is 0 Å². The summed E-state index contributed by atoms with van der Waals surface area (Å²) in [7, 11) is -5.06. The Hall–Kier alpha value is -15.6. The average Bonchev–Trinajstić information content (AvgIpc) is 1.57. The summed E-state index contributed by atoms with van der Waals surface area (Å²) in [5.41, 5.74) is 24.2. The molecule has 0 amide bonds. The van der Waals surface area contributed by atoms with Crippen molar-refractivity contribution in [2.45, 2.75) is 32.7 Å². The molecule has 0 saturated carbocycles. The SMILES string of the molecule is C[SiH]1c2ccccc2-c2ccc(-c3nc(-c4ccccc4)nc(-c4ccc(-c5cccc6ccccc56)cc4)n3)cc21.C[Si]1(C)c2ccccc2-c2c(-c3nc(-c4ccccc4)nc(-c4ccc(-c5ccc6ccccc6c5)cc4)n3)cccc21.C[Si]1(C)c2ccccc2-c2cccc(-c3nc(-c4ccccc4)nc(-c4ccc(-c5cccc6ccccc56)cc4)n3)c21. The van der Waals surface area contributed by atoms with E-state index in [9.17, 15) is 0 Å². The fourth-order valence-electron chi connectivity index (χ4n) is 19.3. The van der Waals surface area contributed by atoms with Gasteiger partial charge in [-0.15, -0.1) is 0 Å². The van der Waals surface area contributed by atoms with Gasteiger partial charge in [-0.2, -0.15) is 0 Å². The molecule has 3 aliphatic heterocycles. The molecule has 0 radical (unpaired) electrons. The molecular weight excluding hydrogens is 1600 g/mol. The number of nitrogens with zero attached hydrogens (tertiary/aromatic N) is 9. The van der Waals surface area contributed by atoms with Gasteiger partial charge in [0.15, 0.2) is 52.4 Å². The van der Waals surface area contributed by atoms with Gasteiger partial charge in [0.05, 0.1) is 0 Å². The Morgan fingerprint density at radius 3 is 1.05 bits per heavy atom. The van der Waals surface area contributed by atoms with Gasteiger partial charge in [-0.25, -0.2) is 44.9 Å². The number of hydrogen-bond acceptors (Lipinski definition) is 9. The molecule has 6 heterocycles. The summed E-state index contributed by atoms with van der Waals surface area (Å²) in [6, 6.07) is 148. The largest absolute Gasteiger partial charge is 0.208 e. The van der Waals surface area contributed by atoms with Crippen LogP contribution in [0.3, 0.4) is 0 Å². The van der Waals surface area contributed by atoms with Crippen LogP contribution in [-0.2, 0) is 0 Å². The Morgan fingerprint density at radius 2 is 0.508 bits per heavy atom. The van der Waals surface area contributed by atoms with Crippen LogP contribution in [0, 0.1) is 0 Å². The van der Waals surface area contributed by atoms with E-state index >= 15 is 0 Å². The van der Waals surface area contributed by atoms with Crippen LogP contribution in [0.5, 0.6) is 0 Å². The number of aromatic nitrogens is 9. The normalized spacial score (nSPS) is 13.2. The molecule has 0 aliphatic carbocycles. The Morgan fingerprint density at radius 1 is 0.180 bits per heavy atom. The zero-order valence-electron chi connectivity index (χ0n) is 71.4. The summed E-state index contributed by atoms with van der Waals surface area (Å²) >= 11 is 0. The van der Waals surface area contributed by atoms with Crippen molar-refractivity contribution in [1.29, 1.82) is 0 Å². The molecule has 24 rings (SSSR count). The van der Waals surface area contributed by atoms with Crippen LogP contribution < -0.4 is 31.1 Å². The molecule has 18 aromatic carbocycles. The van der Waals surface area contributed by atoms with E-state index in [1.165, 1.54) is 125 Å². The lowest BCUT2D eigenvalue weighted by atomic mass is 9.97. The van der Waals surface area contributed by atoms with Crippen LogP contribution in [0.1, 0.15) is 0 Å². The predicted octanol–water partition coefficient (Wildman–Crippen LogP) is 24.6. The van der Waals surface area contributed by atoms with Gasteiger partial charge in [0.25, 0.3) is 0 Å². The van der Waals surface area contributed by atoms with Crippen molar-refractivity contribution >= 4 is 88.4 Å². The Balaban J connectivity index is 0.000000113. The molecule has 0 fully saturated rings. The molecule has 9 nitrogen and oxygen atoms in total.